The van der Waals surface area contributed by atoms with Gasteiger partial charge in [0.05, 0.1) is 27.4 Å². The molecule has 0 spiro atoms. The van der Waals surface area contributed by atoms with Crippen molar-refractivity contribution in [1.82, 2.24) is 9.80 Å². The molecule has 6 nitrogen and oxygen atoms in total. The minimum atomic E-state index is -0.0926. The molecule has 1 aliphatic heterocycles. The molecule has 188 valence electrons. The number of likely N-dealkylation sites (tertiary alicyclic amines) is 1. The highest BCUT2D eigenvalue weighted by atomic mass is 79.9. The van der Waals surface area contributed by atoms with Gasteiger partial charge in [-0.3, -0.25) is 9.69 Å². The zero-order valence-electron chi connectivity index (χ0n) is 21.3. The SMILES string of the molecule is CCN(CC)C(=O)[C@H]1CCCCN1Cc1c(Br)c2cc(OC)c(OC)cc2c2cc(OC)ccc12. The maximum absolute atomic E-state index is 13.4. The number of hydrogen-bond acceptors (Lipinski definition) is 5. The Balaban J connectivity index is 1.88. The molecule has 1 amide bonds. The van der Waals surface area contributed by atoms with Crippen LogP contribution in [0.3, 0.4) is 0 Å². The summed E-state index contributed by atoms with van der Waals surface area (Å²) in [6.07, 6.45) is 3.09. The molecule has 0 aliphatic carbocycles. The van der Waals surface area contributed by atoms with E-state index < -0.39 is 0 Å². The van der Waals surface area contributed by atoms with Gasteiger partial charge >= 0.3 is 0 Å². The van der Waals surface area contributed by atoms with Crippen LogP contribution in [0.2, 0.25) is 0 Å². The van der Waals surface area contributed by atoms with Crippen LogP contribution in [0.4, 0.5) is 0 Å². The Bertz CT molecular complexity index is 1230. The lowest BCUT2D eigenvalue weighted by atomic mass is 9.94. The summed E-state index contributed by atoms with van der Waals surface area (Å²) in [6.45, 7) is 7.18. The van der Waals surface area contributed by atoms with Crippen LogP contribution < -0.4 is 14.2 Å². The van der Waals surface area contributed by atoms with E-state index in [1.807, 2.05) is 23.1 Å². The predicted molar refractivity (Wildman–Crippen MR) is 145 cm³/mol. The highest BCUT2D eigenvalue weighted by Gasteiger charge is 2.32. The molecule has 1 atom stereocenters. The van der Waals surface area contributed by atoms with Crippen LogP contribution in [-0.2, 0) is 11.3 Å². The van der Waals surface area contributed by atoms with Gasteiger partial charge in [-0.15, -0.1) is 0 Å². The lowest BCUT2D eigenvalue weighted by Crippen LogP contribution is -2.50. The van der Waals surface area contributed by atoms with Crippen molar-refractivity contribution < 1.29 is 19.0 Å². The summed E-state index contributed by atoms with van der Waals surface area (Å²) in [7, 11) is 4.99. The molecule has 0 saturated carbocycles. The van der Waals surface area contributed by atoms with Crippen molar-refractivity contribution in [2.75, 3.05) is 41.0 Å². The van der Waals surface area contributed by atoms with Gasteiger partial charge in [-0.05, 0) is 95.2 Å². The molecule has 35 heavy (non-hydrogen) atoms. The smallest absolute Gasteiger partial charge is 0.239 e. The molecule has 1 fully saturated rings. The van der Waals surface area contributed by atoms with Crippen molar-refractivity contribution in [3.63, 3.8) is 0 Å². The molecular formula is C28H35BrN2O4. The molecule has 1 saturated heterocycles. The van der Waals surface area contributed by atoms with E-state index in [1.165, 1.54) is 5.56 Å². The van der Waals surface area contributed by atoms with Gasteiger partial charge in [0.1, 0.15) is 5.75 Å². The Morgan fingerprint density at radius 3 is 2.23 bits per heavy atom. The number of rotatable bonds is 8. The molecule has 0 radical (unpaired) electrons. The Kier molecular flexibility index (Phi) is 8.07. The number of nitrogens with zero attached hydrogens (tertiary/aromatic N) is 2. The number of piperidine rings is 1. The maximum atomic E-state index is 13.4. The van der Waals surface area contributed by atoms with Gasteiger partial charge in [0, 0.05) is 29.5 Å². The zero-order valence-corrected chi connectivity index (χ0v) is 22.9. The predicted octanol–water partition coefficient (Wildman–Crippen LogP) is 6.00. The lowest BCUT2D eigenvalue weighted by Gasteiger charge is -2.37. The van der Waals surface area contributed by atoms with Crippen molar-refractivity contribution in [3.05, 3.63) is 40.4 Å². The first kappa shape index (κ1) is 25.6. The maximum Gasteiger partial charge on any atom is 0.239 e. The second kappa shape index (κ2) is 11.0. The first-order valence-electron chi connectivity index (χ1n) is 12.3. The fourth-order valence-electron chi connectivity index (χ4n) is 5.26. The minimum Gasteiger partial charge on any atom is -0.497 e. The lowest BCUT2D eigenvalue weighted by molar-refractivity contribution is -0.138. The fraction of sp³-hybridized carbons (Fsp3) is 0.464. The minimum absolute atomic E-state index is 0.0926. The molecular weight excluding hydrogens is 508 g/mol. The van der Waals surface area contributed by atoms with Crippen LogP contribution in [0, 0.1) is 0 Å². The number of fused-ring (bicyclic) bond motifs is 3. The highest BCUT2D eigenvalue weighted by Crippen LogP contribution is 2.43. The van der Waals surface area contributed by atoms with E-state index >= 15 is 0 Å². The van der Waals surface area contributed by atoms with E-state index in [-0.39, 0.29) is 11.9 Å². The number of benzene rings is 3. The Hall–Kier alpha value is -2.51. The number of hydrogen-bond donors (Lipinski definition) is 0. The summed E-state index contributed by atoms with van der Waals surface area (Å²) >= 11 is 3.94. The van der Waals surface area contributed by atoms with Gasteiger partial charge in [0.15, 0.2) is 11.5 Å². The van der Waals surface area contributed by atoms with Crippen LogP contribution in [0.5, 0.6) is 17.2 Å². The first-order chi connectivity index (χ1) is 17.0. The van der Waals surface area contributed by atoms with Crippen LogP contribution in [-0.4, -0.2) is 62.7 Å². The standard InChI is InChI=1S/C28H35BrN2O4/c1-6-30(7-2)28(32)24-10-8-9-13-31(24)17-23-19-12-11-18(33-3)14-20(19)21-15-25(34-4)26(35-5)16-22(21)27(23)29/h11-12,14-16,24H,6-10,13,17H2,1-5H3/t24-/m1/s1. The van der Waals surface area contributed by atoms with Crippen LogP contribution in [0.25, 0.3) is 21.5 Å². The number of carbonyl (C=O) groups is 1. The summed E-state index contributed by atoms with van der Waals surface area (Å²) in [5.41, 5.74) is 1.17. The number of methoxy groups -OCH3 is 3. The third-order valence-corrected chi connectivity index (χ3v) is 8.11. The average Bonchev–Trinajstić information content (AvgIpc) is 2.90. The molecule has 1 aliphatic rings. The number of carbonyl (C=O) groups excluding carboxylic acids is 1. The van der Waals surface area contributed by atoms with E-state index in [1.54, 1.807) is 21.3 Å². The molecule has 0 N–H and O–H groups in total. The topological polar surface area (TPSA) is 51.2 Å². The number of amides is 1. The van der Waals surface area contributed by atoms with Crippen molar-refractivity contribution in [2.45, 2.75) is 45.7 Å². The van der Waals surface area contributed by atoms with Crippen molar-refractivity contribution >= 4 is 43.4 Å². The summed E-state index contributed by atoms with van der Waals surface area (Å²) in [6, 6.07) is 10.2. The quantitative estimate of drug-likeness (QED) is 0.326. The molecule has 7 heteroatoms. The third-order valence-electron chi connectivity index (χ3n) is 7.20. The summed E-state index contributed by atoms with van der Waals surface area (Å²) in [5, 5.41) is 4.32. The Labute approximate surface area is 216 Å². The molecule has 0 bridgehead atoms. The van der Waals surface area contributed by atoms with E-state index in [2.05, 4.69) is 46.8 Å². The van der Waals surface area contributed by atoms with Crippen molar-refractivity contribution in [3.8, 4) is 17.2 Å². The van der Waals surface area contributed by atoms with Gasteiger partial charge in [-0.2, -0.15) is 0 Å². The number of halogens is 1. The normalized spacial score (nSPS) is 16.5. The van der Waals surface area contributed by atoms with E-state index in [4.69, 9.17) is 14.2 Å². The van der Waals surface area contributed by atoms with E-state index in [0.29, 0.717) is 18.0 Å². The molecule has 4 rings (SSSR count). The summed E-state index contributed by atoms with van der Waals surface area (Å²) < 4.78 is 17.8. The molecule has 0 unspecified atom stereocenters. The van der Waals surface area contributed by atoms with E-state index in [0.717, 1.165) is 70.7 Å². The third kappa shape index (κ3) is 4.81. The Morgan fingerprint density at radius 1 is 0.943 bits per heavy atom. The van der Waals surface area contributed by atoms with Gasteiger partial charge in [-0.25, -0.2) is 0 Å². The van der Waals surface area contributed by atoms with Gasteiger partial charge in [-0.1, -0.05) is 12.5 Å². The van der Waals surface area contributed by atoms with E-state index in [9.17, 15) is 4.79 Å². The molecule has 3 aromatic carbocycles. The van der Waals surface area contributed by atoms with Crippen LogP contribution in [0.15, 0.2) is 34.8 Å². The summed E-state index contributed by atoms with van der Waals surface area (Å²) in [4.78, 5) is 17.7. The fourth-order valence-corrected chi connectivity index (χ4v) is 5.93. The number of likely N-dealkylation sites (N-methyl/N-ethyl adjacent to an activating group) is 1. The second-order valence-electron chi connectivity index (χ2n) is 8.95. The second-order valence-corrected chi connectivity index (χ2v) is 9.74. The molecule has 1 heterocycles. The monoisotopic (exact) mass is 542 g/mol. The Morgan fingerprint density at radius 2 is 1.60 bits per heavy atom. The van der Waals surface area contributed by atoms with Gasteiger partial charge < -0.3 is 19.1 Å². The van der Waals surface area contributed by atoms with Crippen molar-refractivity contribution in [1.29, 1.82) is 0 Å². The van der Waals surface area contributed by atoms with Gasteiger partial charge in [0.25, 0.3) is 0 Å². The molecule has 0 aromatic heterocycles. The summed E-state index contributed by atoms with van der Waals surface area (Å²) in [5.74, 6) is 2.41. The first-order valence-corrected chi connectivity index (χ1v) is 13.1. The van der Waals surface area contributed by atoms with Crippen LogP contribution >= 0.6 is 15.9 Å². The zero-order chi connectivity index (χ0) is 25.1. The van der Waals surface area contributed by atoms with Crippen molar-refractivity contribution in [2.24, 2.45) is 0 Å². The molecule has 3 aromatic rings. The average molecular weight is 544 g/mol. The highest BCUT2D eigenvalue weighted by molar-refractivity contribution is 9.10. The van der Waals surface area contributed by atoms with Crippen LogP contribution in [0.1, 0.15) is 38.7 Å². The van der Waals surface area contributed by atoms with Gasteiger partial charge in [0.2, 0.25) is 5.91 Å². The largest absolute Gasteiger partial charge is 0.497 e. The number of ether oxygens (including phenoxy) is 3.